The summed E-state index contributed by atoms with van der Waals surface area (Å²) in [6.07, 6.45) is 8.17. The monoisotopic (exact) mass is 164 g/mol. The van der Waals surface area contributed by atoms with Crippen LogP contribution in [0.3, 0.4) is 0 Å². The fourth-order valence-electron chi connectivity index (χ4n) is 3.21. The topological polar surface area (TPSA) is 17.1 Å². The Morgan fingerprint density at radius 3 is 2.75 bits per heavy atom. The van der Waals surface area contributed by atoms with Gasteiger partial charge in [0.05, 0.1) is 0 Å². The van der Waals surface area contributed by atoms with Crippen molar-refractivity contribution in [3.63, 3.8) is 0 Å². The fraction of sp³-hybridized carbons (Fsp3) is 0.727. The molecule has 0 N–H and O–H groups in total. The van der Waals surface area contributed by atoms with Gasteiger partial charge in [-0.3, -0.25) is 0 Å². The van der Waals surface area contributed by atoms with Crippen molar-refractivity contribution in [3.8, 4) is 0 Å². The highest BCUT2D eigenvalue weighted by Crippen LogP contribution is 2.52. The smallest absolute Gasteiger partial charge is 0.123 e. The number of fused-ring (bicyclic) bond motifs is 2. The van der Waals surface area contributed by atoms with Crippen LogP contribution in [0.25, 0.3) is 0 Å². The van der Waals surface area contributed by atoms with E-state index < -0.39 is 0 Å². The minimum absolute atomic E-state index is 0.363. The van der Waals surface area contributed by atoms with Crippen molar-refractivity contribution in [2.45, 2.75) is 25.7 Å². The first-order valence-electron chi connectivity index (χ1n) is 4.93. The zero-order valence-electron chi connectivity index (χ0n) is 7.41. The number of hydrogen-bond acceptors (Lipinski definition) is 1. The molecule has 2 aliphatic rings. The van der Waals surface area contributed by atoms with Crippen LogP contribution in [-0.2, 0) is 4.79 Å². The molecule has 2 fully saturated rings. The van der Waals surface area contributed by atoms with Gasteiger partial charge in [0.1, 0.15) is 6.29 Å². The van der Waals surface area contributed by atoms with Gasteiger partial charge in [-0.05, 0) is 43.4 Å². The third-order valence-corrected chi connectivity index (χ3v) is 3.75. The molecular weight excluding hydrogens is 148 g/mol. The lowest BCUT2D eigenvalue weighted by molar-refractivity contribution is -0.113. The second kappa shape index (κ2) is 3.04. The molecule has 0 aliphatic heterocycles. The zero-order chi connectivity index (χ0) is 8.55. The van der Waals surface area contributed by atoms with E-state index in [2.05, 4.69) is 6.58 Å². The van der Waals surface area contributed by atoms with Crippen LogP contribution in [-0.4, -0.2) is 6.29 Å². The third kappa shape index (κ3) is 1.03. The second-order valence-electron chi connectivity index (χ2n) is 4.23. The van der Waals surface area contributed by atoms with Gasteiger partial charge in [-0.25, -0.2) is 0 Å². The molecule has 0 aromatic carbocycles. The predicted molar refractivity (Wildman–Crippen MR) is 48.7 cm³/mol. The summed E-state index contributed by atoms with van der Waals surface area (Å²) < 4.78 is 0. The van der Waals surface area contributed by atoms with E-state index in [0.717, 1.165) is 18.3 Å². The lowest BCUT2D eigenvalue weighted by atomic mass is 9.78. The summed E-state index contributed by atoms with van der Waals surface area (Å²) in [7, 11) is 0. The van der Waals surface area contributed by atoms with E-state index >= 15 is 0 Å². The van der Waals surface area contributed by atoms with Gasteiger partial charge in [0.15, 0.2) is 0 Å². The number of hydrogen-bond donors (Lipinski definition) is 0. The molecule has 0 aromatic heterocycles. The van der Waals surface area contributed by atoms with Crippen LogP contribution in [0.1, 0.15) is 25.7 Å². The van der Waals surface area contributed by atoms with E-state index in [4.69, 9.17) is 0 Å². The highest BCUT2D eigenvalue weighted by Gasteiger charge is 2.46. The summed E-state index contributed by atoms with van der Waals surface area (Å²) in [5, 5.41) is 0. The molecule has 66 valence electrons. The van der Waals surface area contributed by atoms with Crippen molar-refractivity contribution in [2.24, 2.45) is 23.7 Å². The number of allylic oxidation sites excluding steroid dienone is 1. The normalized spacial score (nSPS) is 44.7. The molecule has 2 bridgehead atoms. The minimum atomic E-state index is 0.363. The van der Waals surface area contributed by atoms with Gasteiger partial charge in [0, 0.05) is 5.92 Å². The first-order chi connectivity index (χ1) is 5.86. The molecular formula is C11H16O. The van der Waals surface area contributed by atoms with Crippen molar-refractivity contribution in [1.82, 2.24) is 0 Å². The second-order valence-corrected chi connectivity index (χ2v) is 4.23. The van der Waals surface area contributed by atoms with E-state index in [-0.39, 0.29) is 0 Å². The van der Waals surface area contributed by atoms with Crippen LogP contribution in [0.15, 0.2) is 12.7 Å². The van der Waals surface area contributed by atoms with Gasteiger partial charge < -0.3 is 4.79 Å². The van der Waals surface area contributed by atoms with Gasteiger partial charge in [-0.2, -0.15) is 0 Å². The van der Waals surface area contributed by atoms with E-state index in [1.807, 2.05) is 6.08 Å². The molecule has 0 spiro atoms. The van der Waals surface area contributed by atoms with Crippen molar-refractivity contribution >= 4 is 6.29 Å². The first-order valence-corrected chi connectivity index (χ1v) is 4.93. The maximum atomic E-state index is 10.8. The number of carbonyl (C=O) groups excluding carboxylic acids is 1. The SMILES string of the molecule is C=CCC1C2CCC(C2)C1C=O. The third-order valence-electron chi connectivity index (χ3n) is 3.75. The summed E-state index contributed by atoms with van der Waals surface area (Å²) in [4.78, 5) is 10.8. The lowest BCUT2D eigenvalue weighted by Gasteiger charge is -2.25. The van der Waals surface area contributed by atoms with Crippen LogP contribution in [0.5, 0.6) is 0 Å². The van der Waals surface area contributed by atoms with Crippen LogP contribution in [0, 0.1) is 23.7 Å². The van der Waals surface area contributed by atoms with Crippen LogP contribution >= 0.6 is 0 Å². The minimum Gasteiger partial charge on any atom is -0.303 e. The molecule has 0 radical (unpaired) electrons. The summed E-state index contributed by atoms with van der Waals surface area (Å²) in [5.74, 6) is 2.56. The Balaban J connectivity index is 2.10. The Labute approximate surface area is 73.8 Å². The molecule has 1 heteroatoms. The van der Waals surface area contributed by atoms with Crippen molar-refractivity contribution < 1.29 is 4.79 Å². The Morgan fingerprint density at radius 1 is 1.33 bits per heavy atom. The fourth-order valence-corrected chi connectivity index (χ4v) is 3.21. The average Bonchev–Trinajstić information content (AvgIpc) is 2.64. The van der Waals surface area contributed by atoms with E-state index in [1.54, 1.807) is 0 Å². The number of rotatable bonds is 3. The maximum Gasteiger partial charge on any atom is 0.123 e. The van der Waals surface area contributed by atoms with Gasteiger partial charge in [0.25, 0.3) is 0 Å². The van der Waals surface area contributed by atoms with Gasteiger partial charge in [-0.1, -0.05) is 6.08 Å². The maximum absolute atomic E-state index is 10.8. The molecule has 12 heavy (non-hydrogen) atoms. The average molecular weight is 164 g/mol. The number of carbonyl (C=O) groups is 1. The van der Waals surface area contributed by atoms with Gasteiger partial charge >= 0.3 is 0 Å². The van der Waals surface area contributed by atoms with E-state index in [9.17, 15) is 4.79 Å². The molecule has 2 rings (SSSR count). The quantitative estimate of drug-likeness (QED) is 0.462. The molecule has 2 aliphatic carbocycles. The predicted octanol–water partition coefficient (Wildman–Crippen LogP) is 2.42. The Hall–Kier alpha value is -0.590. The standard InChI is InChI=1S/C11H16O/c1-2-3-10-8-4-5-9(6-8)11(10)7-12/h2,7-11H,1,3-6H2. The summed E-state index contributed by atoms with van der Waals surface area (Å²) >= 11 is 0. The summed E-state index contributed by atoms with van der Waals surface area (Å²) in [6.45, 7) is 3.76. The van der Waals surface area contributed by atoms with Crippen LogP contribution in [0.2, 0.25) is 0 Å². The molecule has 1 nitrogen and oxygen atoms in total. The molecule has 0 aromatic rings. The zero-order valence-corrected chi connectivity index (χ0v) is 7.41. The Kier molecular flexibility index (Phi) is 2.03. The van der Waals surface area contributed by atoms with Gasteiger partial charge in [-0.15, -0.1) is 6.58 Å². The molecule has 0 amide bonds. The highest BCUT2D eigenvalue weighted by atomic mass is 16.1. The molecule has 2 saturated carbocycles. The van der Waals surface area contributed by atoms with Crippen molar-refractivity contribution in [2.75, 3.05) is 0 Å². The van der Waals surface area contributed by atoms with Crippen molar-refractivity contribution in [1.29, 1.82) is 0 Å². The van der Waals surface area contributed by atoms with Crippen LogP contribution in [0.4, 0.5) is 0 Å². The molecule has 4 atom stereocenters. The Morgan fingerprint density at radius 2 is 2.08 bits per heavy atom. The van der Waals surface area contributed by atoms with Crippen LogP contribution < -0.4 is 0 Å². The summed E-state index contributed by atoms with van der Waals surface area (Å²) in [6, 6.07) is 0. The first kappa shape index (κ1) is 8.03. The van der Waals surface area contributed by atoms with E-state index in [0.29, 0.717) is 11.8 Å². The number of aldehydes is 1. The highest BCUT2D eigenvalue weighted by molar-refractivity contribution is 5.56. The summed E-state index contributed by atoms with van der Waals surface area (Å²) in [5.41, 5.74) is 0. The van der Waals surface area contributed by atoms with Gasteiger partial charge in [0.2, 0.25) is 0 Å². The Bertz CT molecular complexity index is 197. The molecule has 4 unspecified atom stereocenters. The molecule has 0 saturated heterocycles. The van der Waals surface area contributed by atoms with E-state index in [1.165, 1.54) is 25.5 Å². The molecule has 0 heterocycles. The largest absolute Gasteiger partial charge is 0.303 e. The lowest BCUT2D eigenvalue weighted by Crippen LogP contribution is -2.22. The van der Waals surface area contributed by atoms with Crippen molar-refractivity contribution in [3.05, 3.63) is 12.7 Å².